The van der Waals surface area contributed by atoms with E-state index in [-0.39, 0.29) is 12.4 Å². The number of ether oxygens (including phenoxy) is 1. The van der Waals surface area contributed by atoms with Gasteiger partial charge in [-0.15, -0.1) is 0 Å². The standard InChI is InChI=1S/C14H20N2O4/c1-3-20-14(19)9(2)16-13(18)12(15)8-10-4-6-11(17)7-5-10/h4-7,9,12,17H,3,8,15H2,1-2H3,(H,16,18). The molecule has 0 bridgehead atoms. The van der Waals surface area contributed by atoms with Gasteiger partial charge < -0.3 is 20.9 Å². The zero-order valence-corrected chi connectivity index (χ0v) is 11.6. The number of hydrogen-bond donors (Lipinski definition) is 3. The highest BCUT2D eigenvalue weighted by molar-refractivity contribution is 5.87. The molecule has 110 valence electrons. The molecule has 2 unspecified atom stereocenters. The number of nitrogens with two attached hydrogens (primary N) is 1. The number of amides is 1. The smallest absolute Gasteiger partial charge is 0.328 e. The number of carbonyl (C=O) groups excluding carboxylic acids is 2. The zero-order chi connectivity index (χ0) is 15.1. The minimum Gasteiger partial charge on any atom is -0.508 e. The van der Waals surface area contributed by atoms with Crippen LogP contribution in [0.3, 0.4) is 0 Å². The Hall–Kier alpha value is -2.08. The first-order valence-corrected chi connectivity index (χ1v) is 6.44. The van der Waals surface area contributed by atoms with Crippen LogP contribution in [0.25, 0.3) is 0 Å². The van der Waals surface area contributed by atoms with Gasteiger partial charge in [-0.3, -0.25) is 4.79 Å². The fourth-order valence-corrected chi connectivity index (χ4v) is 1.63. The molecule has 4 N–H and O–H groups in total. The maximum atomic E-state index is 11.8. The van der Waals surface area contributed by atoms with Crippen molar-refractivity contribution < 1.29 is 19.4 Å². The van der Waals surface area contributed by atoms with Crippen LogP contribution >= 0.6 is 0 Å². The summed E-state index contributed by atoms with van der Waals surface area (Å²) in [7, 11) is 0. The topological polar surface area (TPSA) is 102 Å². The first-order valence-electron chi connectivity index (χ1n) is 6.44. The quantitative estimate of drug-likeness (QED) is 0.652. The Bertz CT molecular complexity index is 459. The first kappa shape index (κ1) is 16.0. The maximum absolute atomic E-state index is 11.8. The predicted octanol–water partition coefficient (Wildman–Crippen LogP) is 0.330. The molecule has 6 heteroatoms. The fraction of sp³-hybridized carbons (Fsp3) is 0.429. The maximum Gasteiger partial charge on any atom is 0.328 e. The van der Waals surface area contributed by atoms with Crippen molar-refractivity contribution in [1.29, 1.82) is 0 Å². The van der Waals surface area contributed by atoms with Crippen molar-refractivity contribution in [2.24, 2.45) is 5.73 Å². The summed E-state index contributed by atoms with van der Waals surface area (Å²) in [6, 6.07) is 4.95. The van der Waals surface area contributed by atoms with Crippen LogP contribution < -0.4 is 11.1 Å². The van der Waals surface area contributed by atoms with Crippen LogP contribution in [0.4, 0.5) is 0 Å². The molecular formula is C14H20N2O4. The normalized spacial score (nSPS) is 13.3. The van der Waals surface area contributed by atoms with Crippen molar-refractivity contribution in [2.45, 2.75) is 32.4 Å². The van der Waals surface area contributed by atoms with Gasteiger partial charge in [0.25, 0.3) is 0 Å². The van der Waals surface area contributed by atoms with Gasteiger partial charge >= 0.3 is 5.97 Å². The van der Waals surface area contributed by atoms with Crippen molar-refractivity contribution >= 4 is 11.9 Å². The van der Waals surface area contributed by atoms with Gasteiger partial charge in [-0.2, -0.15) is 0 Å². The number of rotatable bonds is 6. The van der Waals surface area contributed by atoms with Gasteiger partial charge in [-0.05, 0) is 38.0 Å². The second kappa shape index (κ2) is 7.49. The van der Waals surface area contributed by atoms with E-state index in [4.69, 9.17) is 15.6 Å². The van der Waals surface area contributed by atoms with Crippen molar-refractivity contribution in [3.63, 3.8) is 0 Å². The summed E-state index contributed by atoms with van der Waals surface area (Å²) in [6.07, 6.45) is 0.321. The number of phenolic OH excluding ortho intramolecular Hbond substituents is 1. The molecule has 1 aromatic carbocycles. The van der Waals surface area contributed by atoms with E-state index >= 15 is 0 Å². The van der Waals surface area contributed by atoms with Crippen LogP contribution in [0, 0.1) is 0 Å². The minimum absolute atomic E-state index is 0.155. The highest BCUT2D eigenvalue weighted by Gasteiger charge is 2.20. The molecule has 0 aliphatic rings. The van der Waals surface area contributed by atoms with Crippen molar-refractivity contribution in [2.75, 3.05) is 6.61 Å². The molecule has 0 saturated heterocycles. The molecule has 1 aromatic rings. The Labute approximate surface area is 117 Å². The van der Waals surface area contributed by atoms with Crippen molar-refractivity contribution in [1.82, 2.24) is 5.32 Å². The molecule has 0 fully saturated rings. The molecule has 0 aromatic heterocycles. The number of hydrogen-bond acceptors (Lipinski definition) is 5. The molecule has 2 atom stereocenters. The molecule has 20 heavy (non-hydrogen) atoms. The predicted molar refractivity (Wildman–Crippen MR) is 74.0 cm³/mol. The lowest BCUT2D eigenvalue weighted by atomic mass is 10.1. The molecule has 1 rings (SSSR count). The van der Waals surface area contributed by atoms with Gasteiger partial charge in [0.15, 0.2) is 0 Å². The number of carbonyl (C=O) groups is 2. The lowest BCUT2D eigenvalue weighted by Crippen LogP contribution is -2.48. The molecular weight excluding hydrogens is 260 g/mol. The summed E-state index contributed by atoms with van der Waals surface area (Å²) in [4.78, 5) is 23.2. The minimum atomic E-state index is -0.767. The van der Waals surface area contributed by atoms with E-state index in [1.54, 1.807) is 26.0 Å². The van der Waals surface area contributed by atoms with Crippen LogP contribution in [-0.4, -0.2) is 35.7 Å². The Morgan fingerprint density at radius 1 is 1.35 bits per heavy atom. The van der Waals surface area contributed by atoms with Gasteiger partial charge in [0.1, 0.15) is 11.8 Å². The molecule has 0 radical (unpaired) electrons. The van der Waals surface area contributed by atoms with Crippen molar-refractivity contribution in [3.8, 4) is 5.75 Å². The van der Waals surface area contributed by atoms with E-state index in [2.05, 4.69) is 5.32 Å². The van der Waals surface area contributed by atoms with Gasteiger partial charge in [-0.1, -0.05) is 12.1 Å². The van der Waals surface area contributed by atoms with Gasteiger partial charge in [0, 0.05) is 0 Å². The lowest BCUT2D eigenvalue weighted by molar-refractivity contribution is -0.147. The Balaban J connectivity index is 2.50. The third-order valence-electron chi connectivity index (χ3n) is 2.73. The molecule has 0 aliphatic carbocycles. The largest absolute Gasteiger partial charge is 0.508 e. The molecule has 6 nitrogen and oxygen atoms in total. The highest BCUT2D eigenvalue weighted by atomic mass is 16.5. The van der Waals surface area contributed by atoms with Crippen LogP contribution in [-0.2, 0) is 20.7 Å². The second-order valence-electron chi connectivity index (χ2n) is 4.46. The fourth-order valence-electron chi connectivity index (χ4n) is 1.63. The average Bonchev–Trinajstić information content (AvgIpc) is 2.41. The molecule has 0 spiro atoms. The average molecular weight is 280 g/mol. The number of esters is 1. The highest BCUT2D eigenvalue weighted by Crippen LogP contribution is 2.10. The summed E-state index contributed by atoms with van der Waals surface area (Å²) < 4.78 is 4.79. The molecule has 1 amide bonds. The third kappa shape index (κ3) is 4.89. The lowest BCUT2D eigenvalue weighted by Gasteiger charge is -2.16. The number of nitrogens with one attached hydrogen (secondary N) is 1. The zero-order valence-electron chi connectivity index (χ0n) is 11.6. The SMILES string of the molecule is CCOC(=O)C(C)NC(=O)C(N)Cc1ccc(O)cc1. The third-order valence-corrected chi connectivity index (χ3v) is 2.73. The summed E-state index contributed by atoms with van der Waals surface area (Å²) in [6.45, 7) is 3.50. The summed E-state index contributed by atoms with van der Waals surface area (Å²) >= 11 is 0. The van der Waals surface area contributed by atoms with Crippen LogP contribution in [0.15, 0.2) is 24.3 Å². The Morgan fingerprint density at radius 3 is 2.50 bits per heavy atom. The molecule has 0 heterocycles. The van der Waals surface area contributed by atoms with Gasteiger partial charge in [0.2, 0.25) is 5.91 Å². The van der Waals surface area contributed by atoms with Gasteiger partial charge in [-0.25, -0.2) is 4.79 Å². The monoisotopic (exact) mass is 280 g/mol. The Morgan fingerprint density at radius 2 is 1.95 bits per heavy atom. The summed E-state index contributed by atoms with van der Waals surface area (Å²) in [5.74, 6) is -0.751. The number of phenols is 1. The van der Waals surface area contributed by atoms with E-state index in [0.29, 0.717) is 6.42 Å². The summed E-state index contributed by atoms with van der Waals surface area (Å²) in [5.41, 5.74) is 6.61. The van der Waals surface area contributed by atoms with E-state index in [0.717, 1.165) is 5.56 Å². The van der Waals surface area contributed by atoms with Gasteiger partial charge in [0.05, 0.1) is 12.6 Å². The summed E-state index contributed by atoms with van der Waals surface area (Å²) in [5, 5.41) is 11.7. The second-order valence-corrected chi connectivity index (χ2v) is 4.46. The molecule has 0 aliphatic heterocycles. The van der Waals surface area contributed by atoms with Crippen molar-refractivity contribution in [3.05, 3.63) is 29.8 Å². The first-order chi connectivity index (χ1) is 9.43. The van der Waals surface area contributed by atoms with E-state index in [1.165, 1.54) is 12.1 Å². The van der Waals surface area contributed by atoms with Crippen LogP contribution in [0.1, 0.15) is 19.4 Å². The van der Waals surface area contributed by atoms with Crippen LogP contribution in [0.2, 0.25) is 0 Å². The van der Waals surface area contributed by atoms with E-state index < -0.39 is 24.0 Å². The number of aromatic hydroxyl groups is 1. The van der Waals surface area contributed by atoms with E-state index in [9.17, 15) is 9.59 Å². The Kier molecular flexibility index (Phi) is 5.99. The van der Waals surface area contributed by atoms with E-state index in [1.807, 2.05) is 0 Å². The molecule has 0 saturated carbocycles. The van der Waals surface area contributed by atoms with Crippen LogP contribution in [0.5, 0.6) is 5.75 Å². The number of benzene rings is 1.